The van der Waals surface area contributed by atoms with Crippen LogP contribution >= 0.6 is 0 Å². The lowest BCUT2D eigenvalue weighted by Gasteiger charge is -2.32. The molecule has 98 valence electrons. The fourth-order valence-electron chi connectivity index (χ4n) is 1.96. The summed E-state index contributed by atoms with van der Waals surface area (Å²) in [5.41, 5.74) is 1.74. The molecule has 2 heterocycles. The van der Waals surface area contributed by atoms with Crippen molar-refractivity contribution in [3.05, 3.63) is 27.7 Å². The molecule has 1 aromatic heterocycles. The highest BCUT2D eigenvalue weighted by Gasteiger charge is 2.52. The third kappa shape index (κ3) is 1.91. The van der Waals surface area contributed by atoms with Crippen LogP contribution in [0.4, 0.5) is 0 Å². The summed E-state index contributed by atoms with van der Waals surface area (Å²) >= 11 is 0. The Hall–Kier alpha value is -1.07. The van der Waals surface area contributed by atoms with Crippen LogP contribution in [0.5, 0.6) is 0 Å². The molecule has 0 radical (unpaired) electrons. The average Bonchev–Trinajstić information content (AvgIpc) is 2.45. The highest BCUT2D eigenvalue weighted by Crippen LogP contribution is 2.36. The Labute approximate surface area is 108 Å². The molecule has 2 rings (SSSR count). The van der Waals surface area contributed by atoms with Crippen molar-refractivity contribution in [2.24, 2.45) is 0 Å². The molecule has 1 fully saturated rings. The van der Waals surface area contributed by atoms with Gasteiger partial charge in [0.15, 0.2) is 0 Å². The van der Waals surface area contributed by atoms with Gasteiger partial charge in [0.2, 0.25) is 0 Å². The van der Waals surface area contributed by atoms with E-state index in [1.807, 2.05) is 41.5 Å². The maximum Gasteiger partial charge on any atom is 0.496 e. The van der Waals surface area contributed by atoms with Crippen molar-refractivity contribution < 1.29 is 9.31 Å². The number of hydrogen-bond donors (Lipinski definition) is 1. The Morgan fingerprint density at radius 3 is 2.06 bits per heavy atom. The fraction of sp³-hybridized carbons (Fsp3) is 0.615. The van der Waals surface area contributed by atoms with Crippen LogP contribution in [-0.4, -0.2) is 23.3 Å². The monoisotopic (exact) mass is 249 g/mol. The van der Waals surface area contributed by atoms with Crippen LogP contribution in [0.1, 0.15) is 38.8 Å². The molecular weight excluding hydrogens is 229 g/mol. The summed E-state index contributed by atoms with van der Waals surface area (Å²) < 4.78 is 12.0. The van der Waals surface area contributed by atoms with Crippen LogP contribution in [0.15, 0.2) is 11.0 Å². The van der Waals surface area contributed by atoms with E-state index in [2.05, 4.69) is 4.98 Å². The lowest BCUT2D eigenvalue weighted by atomic mass is 9.76. The molecule has 0 unspecified atom stereocenters. The van der Waals surface area contributed by atoms with E-state index < -0.39 is 7.12 Å². The fourth-order valence-corrected chi connectivity index (χ4v) is 1.96. The quantitative estimate of drug-likeness (QED) is 0.763. The van der Waals surface area contributed by atoms with E-state index in [1.165, 1.54) is 0 Å². The van der Waals surface area contributed by atoms with Crippen molar-refractivity contribution in [3.63, 3.8) is 0 Å². The molecule has 0 bridgehead atoms. The summed E-state index contributed by atoms with van der Waals surface area (Å²) in [6.07, 6.45) is 1.69. The van der Waals surface area contributed by atoms with Crippen molar-refractivity contribution >= 4 is 12.6 Å². The molecule has 0 aromatic carbocycles. The summed E-state index contributed by atoms with van der Waals surface area (Å²) in [6, 6.07) is 0. The number of pyridine rings is 1. The molecule has 1 aliphatic rings. The van der Waals surface area contributed by atoms with Gasteiger partial charge in [-0.1, -0.05) is 0 Å². The Morgan fingerprint density at radius 1 is 1.06 bits per heavy atom. The molecule has 0 amide bonds. The molecule has 0 saturated carbocycles. The molecule has 1 N–H and O–H groups in total. The first-order valence-electron chi connectivity index (χ1n) is 6.20. The second-order valence-corrected chi connectivity index (χ2v) is 5.91. The minimum Gasteiger partial charge on any atom is -0.399 e. The summed E-state index contributed by atoms with van der Waals surface area (Å²) in [6.45, 7) is 11.8. The molecule has 0 atom stereocenters. The van der Waals surface area contributed by atoms with Gasteiger partial charge in [0.25, 0.3) is 5.56 Å². The molecule has 5 heteroatoms. The van der Waals surface area contributed by atoms with Crippen molar-refractivity contribution in [2.45, 2.75) is 52.7 Å². The average molecular weight is 249 g/mol. The van der Waals surface area contributed by atoms with Crippen LogP contribution in [0, 0.1) is 13.8 Å². The summed E-state index contributed by atoms with van der Waals surface area (Å²) in [7, 11) is -0.425. The molecular formula is C13H20BNO3. The lowest BCUT2D eigenvalue weighted by Crippen LogP contribution is -2.41. The van der Waals surface area contributed by atoms with Gasteiger partial charge >= 0.3 is 7.12 Å². The van der Waals surface area contributed by atoms with Gasteiger partial charge in [-0.3, -0.25) is 4.79 Å². The third-order valence-corrected chi connectivity index (χ3v) is 4.20. The molecule has 0 spiro atoms. The van der Waals surface area contributed by atoms with Gasteiger partial charge in [-0.15, -0.1) is 0 Å². The Bertz CT molecular complexity index is 518. The number of aromatic amines is 1. The van der Waals surface area contributed by atoms with Crippen molar-refractivity contribution in [1.82, 2.24) is 4.98 Å². The summed E-state index contributed by atoms with van der Waals surface area (Å²) in [4.78, 5) is 14.2. The Kier molecular flexibility index (Phi) is 2.95. The summed E-state index contributed by atoms with van der Waals surface area (Å²) in [5.74, 6) is 0. The Morgan fingerprint density at radius 2 is 1.56 bits per heavy atom. The van der Waals surface area contributed by atoms with Crippen LogP contribution in [0.2, 0.25) is 0 Å². The minimum absolute atomic E-state index is 0.0623. The maximum absolute atomic E-state index is 11.5. The van der Waals surface area contributed by atoms with E-state index in [9.17, 15) is 4.79 Å². The lowest BCUT2D eigenvalue weighted by molar-refractivity contribution is 0.00578. The first-order valence-corrected chi connectivity index (χ1v) is 6.20. The largest absolute Gasteiger partial charge is 0.496 e. The predicted molar refractivity (Wildman–Crippen MR) is 72.3 cm³/mol. The second kappa shape index (κ2) is 3.97. The molecule has 1 saturated heterocycles. The van der Waals surface area contributed by atoms with Crippen LogP contribution in [-0.2, 0) is 9.31 Å². The van der Waals surface area contributed by atoms with Crippen LogP contribution in [0.25, 0.3) is 0 Å². The maximum atomic E-state index is 11.5. The van der Waals surface area contributed by atoms with Crippen molar-refractivity contribution in [2.75, 3.05) is 0 Å². The molecule has 4 nitrogen and oxygen atoms in total. The number of hydrogen-bond acceptors (Lipinski definition) is 3. The van der Waals surface area contributed by atoms with Crippen LogP contribution in [0.3, 0.4) is 0 Å². The highest BCUT2D eigenvalue weighted by atomic mass is 16.7. The smallest absolute Gasteiger partial charge is 0.399 e. The van der Waals surface area contributed by atoms with Gasteiger partial charge < -0.3 is 14.3 Å². The van der Waals surface area contributed by atoms with Crippen LogP contribution < -0.4 is 11.0 Å². The number of aromatic nitrogens is 1. The number of nitrogens with one attached hydrogen (secondary N) is 1. The van der Waals surface area contributed by atoms with Gasteiger partial charge in [0, 0.05) is 17.2 Å². The van der Waals surface area contributed by atoms with E-state index in [0.29, 0.717) is 5.56 Å². The topological polar surface area (TPSA) is 51.3 Å². The molecule has 0 aliphatic carbocycles. The van der Waals surface area contributed by atoms with E-state index in [1.54, 1.807) is 6.20 Å². The van der Waals surface area contributed by atoms with Gasteiger partial charge in [-0.2, -0.15) is 0 Å². The van der Waals surface area contributed by atoms with Crippen molar-refractivity contribution in [1.29, 1.82) is 0 Å². The third-order valence-electron chi connectivity index (χ3n) is 4.20. The van der Waals surface area contributed by atoms with E-state index in [4.69, 9.17) is 9.31 Å². The van der Waals surface area contributed by atoms with Crippen molar-refractivity contribution in [3.8, 4) is 0 Å². The standard InChI is InChI=1S/C13H20BNO3/c1-8-9(2)11(16)15-7-10(8)14-17-12(3,4)13(5,6)18-14/h7H,1-6H3,(H,15,16). The first-order chi connectivity index (χ1) is 8.16. The van der Waals surface area contributed by atoms with Gasteiger partial charge in [-0.05, 0) is 47.1 Å². The van der Waals surface area contributed by atoms with E-state index in [0.717, 1.165) is 11.0 Å². The number of rotatable bonds is 1. The highest BCUT2D eigenvalue weighted by molar-refractivity contribution is 6.62. The predicted octanol–water partition coefficient (Wildman–Crippen LogP) is 1.29. The zero-order valence-electron chi connectivity index (χ0n) is 11.9. The zero-order chi connectivity index (χ0) is 13.7. The first kappa shape index (κ1) is 13.4. The van der Waals surface area contributed by atoms with E-state index >= 15 is 0 Å². The minimum atomic E-state index is -0.425. The van der Waals surface area contributed by atoms with E-state index in [-0.39, 0.29) is 16.8 Å². The zero-order valence-corrected chi connectivity index (χ0v) is 11.9. The molecule has 18 heavy (non-hydrogen) atoms. The molecule has 1 aliphatic heterocycles. The normalized spacial score (nSPS) is 21.3. The molecule has 1 aromatic rings. The number of H-pyrrole nitrogens is 1. The Balaban J connectivity index is 2.42. The van der Waals surface area contributed by atoms with Gasteiger partial charge in [-0.25, -0.2) is 0 Å². The second-order valence-electron chi connectivity index (χ2n) is 5.91. The van der Waals surface area contributed by atoms with Gasteiger partial charge in [0.1, 0.15) is 0 Å². The summed E-state index contributed by atoms with van der Waals surface area (Å²) in [5, 5.41) is 0. The van der Waals surface area contributed by atoms with Gasteiger partial charge in [0.05, 0.1) is 11.2 Å². The SMILES string of the molecule is Cc1c(B2OC(C)(C)C(C)(C)O2)c[nH]c(=O)c1C.